The standard InChI is InChI=1S/C12H13N3O/c1-15(2)10-4-3-8-5-9(7-13)12(14)16-11(8)6-10/h3-4,6,9,14H,5H2,1-2H3. The molecule has 1 N–H and O–H groups in total. The first-order valence-corrected chi connectivity index (χ1v) is 5.08. The second kappa shape index (κ2) is 3.86. The normalized spacial score (nSPS) is 18.3. The van der Waals surface area contributed by atoms with Crippen molar-refractivity contribution >= 4 is 11.6 Å². The zero-order chi connectivity index (χ0) is 11.7. The van der Waals surface area contributed by atoms with Crippen molar-refractivity contribution in [3.05, 3.63) is 23.8 Å². The van der Waals surface area contributed by atoms with Gasteiger partial charge in [0, 0.05) is 32.3 Å². The van der Waals surface area contributed by atoms with Crippen LogP contribution in [-0.4, -0.2) is 20.0 Å². The van der Waals surface area contributed by atoms with Gasteiger partial charge in [0.05, 0.1) is 6.07 Å². The smallest absolute Gasteiger partial charge is 0.205 e. The molecule has 4 nitrogen and oxygen atoms in total. The highest BCUT2D eigenvalue weighted by atomic mass is 16.5. The third-order valence-electron chi connectivity index (χ3n) is 2.68. The molecule has 1 unspecified atom stereocenters. The van der Waals surface area contributed by atoms with Crippen molar-refractivity contribution in [1.29, 1.82) is 10.7 Å². The Bertz CT molecular complexity index is 474. The summed E-state index contributed by atoms with van der Waals surface area (Å²) in [7, 11) is 3.90. The Kier molecular flexibility index (Phi) is 2.53. The molecule has 0 bridgehead atoms. The van der Waals surface area contributed by atoms with Crippen LogP contribution in [-0.2, 0) is 6.42 Å². The number of hydrogen-bond donors (Lipinski definition) is 1. The molecule has 1 aliphatic heterocycles. The minimum atomic E-state index is -0.447. The van der Waals surface area contributed by atoms with Crippen LogP contribution in [0.3, 0.4) is 0 Å². The van der Waals surface area contributed by atoms with Crippen LogP contribution in [0, 0.1) is 22.7 Å². The Balaban J connectivity index is 2.37. The minimum Gasteiger partial charge on any atom is -0.442 e. The van der Waals surface area contributed by atoms with Gasteiger partial charge in [-0.25, -0.2) is 0 Å². The number of nitrogens with one attached hydrogen (secondary N) is 1. The molecular formula is C12H13N3O. The highest BCUT2D eigenvalue weighted by Gasteiger charge is 2.25. The van der Waals surface area contributed by atoms with Gasteiger partial charge in [0.1, 0.15) is 11.7 Å². The van der Waals surface area contributed by atoms with E-state index in [-0.39, 0.29) is 5.90 Å². The lowest BCUT2D eigenvalue weighted by Gasteiger charge is -2.23. The van der Waals surface area contributed by atoms with Gasteiger partial charge in [-0.2, -0.15) is 5.26 Å². The molecule has 1 heterocycles. The lowest BCUT2D eigenvalue weighted by Crippen LogP contribution is -2.26. The Morgan fingerprint density at radius 2 is 2.25 bits per heavy atom. The zero-order valence-corrected chi connectivity index (χ0v) is 9.32. The molecule has 1 aromatic rings. The lowest BCUT2D eigenvalue weighted by atomic mass is 9.96. The van der Waals surface area contributed by atoms with Gasteiger partial charge in [-0.1, -0.05) is 6.07 Å². The average molecular weight is 215 g/mol. The van der Waals surface area contributed by atoms with Crippen LogP contribution in [0.5, 0.6) is 5.75 Å². The quantitative estimate of drug-likeness (QED) is 0.777. The number of rotatable bonds is 1. The first-order chi connectivity index (χ1) is 7.61. The molecule has 1 aliphatic rings. The minimum absolute atomic E-state index is 0.0471. The Hall–Kier alpha value is -2.02. The Labute approximate surface area is 94.6 Å². The summed E-state index contributed by atoms with van der Waals surface area (Å²) in [6.07, 6.45) is 0.568. The molecule has 0 aromatic heterocycles. The molecule has 0 spiro atoms. The maximum absolute atomic E-state index is 8.85. The SMILES string of the molecule is CN(C)c1ccc2c(c1)OC(=N)C(C#N)C2. The molecule has 1 aromatic carbocycles. The summed E-state index contributed by atoms with van der Waals surface area (Å²) in [4.78, 5) is 1.98. The van der Waals surface area contributed by atoms with Gasteiger partial charge in [0.2, 0.25) is 5.90 Å². The molecule has 2 rings (SSSR count). The molecule has 82 valence electrons. The zero-order valence-electron chi connectivity index (χ0n) is 9.32. The van der Waals surface area contributed by atoms with Crippen LogP contribution in [0.4, 0.5) is 5.69 Å². The summed E-state index contributed by atoms with van der Waals surface area (Å²) in [5, 5.41) is 16.4. The van der Waals surface area contributed by atoms with Crippen LogP contribution in [0.25, 0.3) is 0 Å². The maximum atomic E-state index is 8.85. The van der Waals surface area contributed by atoms with Gasteiger partial charge in [-0.15, -0.1) is 0 Å². The number of fused-ring (bicyclic) bond motifs is 1. The van der Waals surface area contributed by atoms with E-state index >= 15 is 0 Å². The molecule has 0 saturated heterocycles. The maximum Gasteiger partial charge on any atom is 0.205 e. The molecular weight excluding hydrogens is 202 g/mol. The first-order valence-electron chi connectivity index (χ1n) is 5.08. The molecule has 0 aliphatic carbocycles. The third kappa shape index (κ3) is 1.72. The largest absolute Gasteiger partial charge is 0.442 e. The molecule has 0 fully saturated rings. The van der Waals surface area contributed by atoms with Crippen LogP contribution in [0.15, 0.2) is 18.2 Å². The van der Waals surface area contributed by atoms with Crippen molar-refractivity contribution in [3.8, 4) is 11.8 Å². The predicted molar refractivity (Wildman–Crippen MR) is 61.9 cm³/mol. The number of ether oxygens (including phenoxy) is 1. The molecule has 0 radical (unpaired) electrons. The molecule has 4 heteroatoms. The summed E-state index contributed by atoms with van der Waals surface area (Å²) in [5.41, 5.74) is 2.02. The number of benzene rings is 1. The van der Waals surface area contributed by atoms with Crippen LogP contribution in [0.2, 0.25) is 0 Å². The van der Waals surface area contributed by atoms with Crippen molar-refractivity contribution in [2.45, 2.75) is 6.42 Å². The Morgan fingerprint density at radius 1 is 1.50 bits per heavy atom. The van der Waals surface area contributed by atoms with Gasteiger partial charge in [0.25, 0.3) is 0 Å². The second-order valence-corrected chi connectivity index (χ2v) is 4.04. The van der Waals surface area contributed by atoms with Crippen LogP contribution < -0.4 is 9.64 Å². The van der Waals surface area contributed by atoms with Crippen molar-refractivity contribution in [1.82, 2.24) is 0 Å². The fourth-order valence-electron chi connectivity index (χ4n) is 1.69. The fourth-order valence-corrected chi connectivity index (χ4v) is 1.69. The number of hydrogen-bond acceptors (Lipinski definition) is 4. The summed E-state index contributed by atoms with van der Waals surface area (Å²) in [6, 6.07) is 7.92. The van der Waals surface area contributed by atoms with E-state index in [1.165, 1.54) is 0 Å². The number of anilines is 1. The van der Waals surface area contributed by atoms with Crippen LogP contribution >= 0.6 is 0 Å². The monoisotopic (exact) mass is 215 g/mol. The summed E-state index contributed by atoms with van der Waals surface area (Å²) in [6.45, 7) is 0. The van der Waals surface area contributed by atoms with Gasteiger partial charge in [-0.05, 0) is 11.6 Å². The fraction of sp³-hybridized carbons (Fsp3) is 0.333. The number of nitriles is 1. The van der Waals surface area contributed by atoms with Gasteiger partial charge in [0.15, 0.2) is 0 Å². The average Bonchev–Trinajstić information content (AvgIpc) is 2.27. The topological polar surface area (TPSA) is 60.1 Å². The third-order valence-corrected chi connectivity index (χ3v) is 2.68. The number of nitrogens with zero attached hydrogens (tertiary/aromatic N) is 2. The van der Waals surface area contributed by atoms with E-state index in [9.17, 15) is 0 Å². The van der Waals surface area contributed by atoms with E-state index in [1.54, 1.807) is 0 Å². The van der Waals surface area contributed by atoms with Crippen molar-refractivity contribution < 1.29 is 4.74 Å². The van der Waals surface area contributed by atoms with E-state index in [0.717, 1.165) is 11.3 Å². The predicted octanol–water partition coefficient (Wildman–Crippen LogP) is 1.80. The molecule has 16 heavy (non-hydrogen) atoms. The van der Waals surface area contributed by atoms with Gasteiger partial charge >= 0.3 is 0 Å². The van der Waals surface area contributed by atoms with Crippen molar-refractivity contribution in [2.75, 3.05) is 19.0 Å². The molecule has 0 amide bonds. The van der Waals surface area contributed by atoms with E-state index in [4.69, 9.17) is 15.4 Å². The summed E-state index contributed by atoms with van der Waals surface area (Å²) < 4.78 is 5.36. The molecule has 1 atom stereocenters. The van der Waals surface area contributed by atoms with Crippen LogP contribution in [0.1, 0.15) is 5.56 Å². The van der Waals surface area contributed by atoms with E-state index in [2.05, 4.69) is 6.07 Å². The molecule has 0 saturated carbocycles. The highest BCUT2D eigenvalue weighted by Crippen LogP contribution is 2.31. The van der Waals surface area contributed by atoms with E-state index in [1.807, 2.05) is 37.2 Å². The van der Waals surface area contributed by atoms with Gasteiger partial charge < -0.3 is 9.64 Å². The van der Waals surface area contributed by atoms with Gasteiger partial charge in [-0.3, -0.25) is 5.41 Å². The Morgan fingerprint density at radius 3 is 2.88 bits per heavy atom. The van der Waals surface area contributed by atoms with E-state index < -0.39 is 5.92 Å². The lowest BCUT2D eigenvalue weighted by molar-refractivity contribution is 0.472. The summed E-state index contributed by atoms with van der Waals surface area (Å²) >= 11 is 0. The second-order valence-electron chi connectivity index (χ2n) is 4.04. The van der Waals surface area contributed by atoms with Crippen molar-refractivity contribution in [3.63, 3.8) is 0 Å². The van der Waals surface area contributed by atoms with Crippen molar-refractivity contribution in [2.24, 2.45) is 5.92 Å². The highest BCUT2D eigenvalue weighted by molar-refractivity contribution is 5.83. The summed E-state index contributed by atoms with van der Waals surface area (Å²) in [5.74, 6) is 0.298. The van der Waals surface area contributed by atoms with E-state index in [0.29, 0.717) is 12.2 Å². The first kappa shape index (κ1) is 10.5.